The molecule has 0 saturated carbocycles. The van der Waals surface area contributed by atoms with E-state index in [4.69, 9.17) is 35.4 Å². The van der Waals surface area contributed by atoms with Crippen molar-refractivity contribution in [1.82, 2.24) is 10.4 Å². The molecule has 0 spiro atoms. The van der Waals surface area contributed by atoms with Gasteiger partial charge in [-0.1, -0.05) is 77.4 Å². The zero-order chi connectivity index (χ0) is 20.1. The van der Waals surface area contributed by atoms with Crippen LogP contribution in [0.5, 0.6) is 0 Å². The van der Waals surface area contributed by atoms with Gasteiger partial charge in [0, 0.05) is 5.69 Å². The lowest BCUT2D eigenvalue weighted by molar-refractivity contribution is -0.123. The van der Waals surface area contributed by atoms with Gasteiger partial charge < -0.3 is 5.32 Å². The molecule has 2 N–H and O–H groups in total. The van der Waals surface area contributed by atoms with Crippen LogP contribution in [0.2, 0.25) is 10.0 Å². The van der Waals surface area contributed by atoms with E-state index in [-0.39, 0.29) is 4.32 Å². The molecule has 0 bridgehead atoms. The van der Waals surface area contributed by atoms with Crippen LogP contribution in [0.15, 0.2) is 65.6 Å². The largest absolute Gasteiger partial charge is 0.338 e. The molecular formula is C19H13Cl2N3O2S2. The number of nitrogens with zero attached hydrogens (tertiary/aromatic N) is 1. The maximum absolute atomic E-state index is 12.5. The number of hydrogen-bond donors (Lipinski definition) is 2. The van der Waals surface area contributed by atoms with Gasteiger partial charge in [-0.25, -0.2) is 10.2 Å². The minimum Gasteiger partial charge on any atom is -0.307 e. The van der Waals surface area contributed by atoms with Crippen LogP contribution in [0.3, 0.4) is 0 Å². The molecule has 2 aromatic carbocycles. The number of carbonyl (C=O) groups is 2. The molecule has 0 aromatic heterocycles. The number of urea groups is 1. The summed E-state index contributed by atoms with van der Waals surface area (Å²) in [6, 6.07) is 13.7. The molecule has 1 aliphatic heterocycles. The number of hydrogen-bond acceptors (Lipinski definition) is 4. The molecule has 3 amide bonds. The number of thioether (sulfide) groups is 1. The third-order valence-electron chi connectivity index (χ3n) is 3.52. The molecule has 0 aliphatic carbocycles. The summed E-state index contributed by atoms with van der Waals surface area (Å²) < 4.78 is 0.230. The second kappa shape index (κ2) is 9.25. The lowest BCUT2D eigenvalue weighted by atomic mass is 10.2. The van der Waals surface area contributed by atoms with Gasteiger partial charge >= 0.3 is 6.03 Å². The molecule has 0 atom stereocenters. The molecule has 2 aromatic rings. The fourth-order valence-electron chi connectivity index (χ4n) is 2.22. The summed E-state index contributed by atoms with van der Waals surface area (Å²) in [6.45, 7) is 0. The molecule has 5 nitrogen and oxygen atoms in total. The number of allylic oxidation sites excluding steroid dienone is 2. The Morgan fingerprint density at radius 2 is 1.86 bits per heavy atom. The van der Waals surface area contributed by atoms with E-state index in [1.807, 2.05) is 36.4 Å². The molecule has 1 heterocycles. The van der Waals surface area contributed by atoms with Crippen LogP contribution in [0, 0.1) is 0 Å². The number of halogens is 2. The van der Waals surface area contributed by atoms with Gasteiger partial charge in [-0.15, -0.1) is 0 Å². The van der Waals surface area contributed by atoms with Gasteiger partial charge in [0.15, 0.2) is 4.32 Å². The molecule has 1 fully saturated rings. The normalized spacial score (nSPS) is 15.5. The van der Waals surface area contributed by atoms with Gasteiger partial charge in [0.1, 0.15) is 0 Å². The minimum absolute atomic E-state index is 0.230. The highest BCUT2D eigenvalue weighted by atomic mass is 35.5. The van der Waals surface area contributed by atoms with E-state index in [1.54, 1.807) is 24.3 Å². The molecule has 0 unspecified atom stereocenters. The quantitative estimate of drug-likeness (QED) is 0.478. The summed E-state index contributed by atoms with van der Waals surface area (Å²) in [5.41, 5.74) is 3.87. The van der Waals surface area contributed by atoms with Gasteiger partial charge in [0.2, 0.25) is 0 Å². The Kier molecular flexibility index (Phi) is 6.74. The average molecular weight is 450 g/mol. The van der Waals surface area contributed by atoms with Crippen LogP contribution in [0.1, 0.15) is 5.56 Å². The number of anilines is 1. The first-order valence-corrected chi connectivity index (χ1v) is 9.94. The van der Waals surface area contributed by atoms with Crippen molar-refractivity contribution in [3.05, 3.63) is 81.2 Å². The van der Waals surface area contributed by atoms with Gasteiger partial charge in [0.25, 0.3) is 5.91 Å². The van der Waals surface area contributed by atoms with Gasteiger partial charge in [-0.3, -0.25) is 4.79 Å². The lowest BCUT2D eigenvalue weighted by Crippen LogP contribution is -2.46. The zero-order valence-corrected chi connectivity index (χ0v) is 17.3. The summed E-state index contributed by atoms with van der Waals surface area (Å²) >= 11 is 18.1. The Morgan fingerprint density at radius 3 is 2.57 bits per heavy atom. The van der Waals surface area contributed by atoms with E-state index >= 15 is 0 Å². The van der Waals surface area contributed by atoms with Crippen LogP contribution in [0.4, 0.5) is 10.5 Å². The van der Waals surface area contributed by atoms with E-state index in [0.29, 0.717) is 20.6 Å². The van der Waals surface area contributed by atoms with Crippen LogP contribution in [-0.4, -0.2) is 21.3 Å². The van der Waals surface area contributed by atoms with E-state index in [9.17, 15) is 9.59 Å². The summed E-state index contributed by atoms with van der Waals surface area (Å²) in [5.74, 6) is -0.406. The van der Waals surface area contributed by atoms with Crippen LogP contribution in [-0.2, 0) is 4.79 Å². The predicted molar refractivity (Wildman–Crippen MR) is 119 cm³/mol. The third-order valence-corrected chi connectivity index (χ3v) is 5.58. The standard InChI is InChI=1S/C19H13Cl2N3O2S2/c20-14-10-9-13(11-15(14)21)22-18(26)23-24-17(25)16(28-19(24)27)8-4-7-12-5-2-1-3-6-12/h1-11H,(H2,22,23,26)/b7-4-,16-8-. The number of amides is 3. The number of hydrazine groups is 1. The Balaban J connectivity index is 1.63. The van der Waals surface area contributed by atoms with Crippen molar-refractivity contribution in [1.29, 1.82) is 0 Å². The fourth-order valence-corrected chi connectivity index (χ4v) is 3.65. The summed E-state index contributed by atoms with van der Waals surface area (Å²) in [7, 11) is 0. The zero-order valence-electron chi connectivity index (χ0n) is 14.2. The Morgan fingerprint density at radius 1 is 1.11 bits per heavy atom. The van der Waals surface area contributed by atoms with Crippen molar-refractivity contribution in [2.45, 2.75) is 0 Å². The number of benzene rings is 2. The molecule has 1 saturated heterocycles. The van der Waals surface area contributed by atoms with Crippen molar-refractivity contribution in [2.75, 3.05) is 5.32 Å². The molecule has 142 valence electrons. The predicted octanol–water partition coefficient (Wildman–Crippen LogP) is 5.49. The van der Waals surface area contributed by atoms with E-state index < -0.39 is 11.9 Å². The second-order valence-corrected chi connectivity index (χ2v) is 7.99. The maximum atomic E-state index is 12.5. The highest BCUT2D eigenvalue weighted by molar-refractivity contribution is 8.26. The van der Waals surface area contributed by atoms with Gasteiger partial charge in [0.05, 0.1) is 15.0 Å². The second-order valence-electron chi connectivity index (χ2n) is 5.50. The van der Waals surface area contributed by atoms with Crippen LogP contribution >= 0.6 is 47.2 Å². The molecule has 3 rings (SSSR count). The first-order valence-electron chi connectivity index (χ1n) is 7.96. The monoisotopic (exact) mass is 449 g/mol. The maximum Gasteiger partial charge on any atom is 0.338 e. The topological polar surface area (TPSA) is 61.4 Å². The smallest absolute Gasteiger partial charge is 0.307 e. The fraction of sp³-hybridized carbons (Fsp3) is 0. The molecule has 1 aliphatic rings. The molecule has 28 heavy (non-hydrogen) atoms. The summed E-state index contributed by atoms with van der Waals surface area (Å²) in [4.78, 5) is 25.1. The average Bonchev–Trinajstić information content (AvgIpc) is 2.93. The van der Waals surface area contributed by atoms with Crippen molar-refractivity contribution < 1.29 is 9.59 Å². The van der Waals surface area contributed by atoms with E-state index in [0.717, 1.165) is 22.3 Å². The van der Waals surface area contributed by atoms with Crippen LogP contribution in [0.25, 0.3) is 6.08 Å². The highest BCUT2D eigenvalue weighted by Crippen LogP contribution is 2.30. The summed E-state index contributed by atoms with van der Waals surface area (Å²) in [5, 5.41) is 4.27. The first-order chi connectivity index (χ1) is 13.4. The lowest BCUT2D eigenvalue weighted by Gasteiger charge is -2.16. The molecule has 9 heteroatoms. The Labute approximate surface area is 181 Å². The Hall–Kier alpha value is -2.32. The van der Waals surface area contributed by atoms with Crippen molar-refractivity contribution >= 4 is 75.2 Å². The third kappa shape index (κ3) is 5.14. The SMILES string of the molecule is O=C(Nc1ccc(Cl)c(Cl)c1)NN1C(=O)/C(=C/C=C\c2ccccc2)SC1=S. The van der Waals surface area contributed by atoms with Crippen LogP contribution < -0.4 is 10.7 Å². The number of thiocarbonyl (C=S) groups is 1. The molecular weight excluding hydrogens is 437 g/mol. The first kappa shape index (κ1) is 20.4. The number of carbonyl (C=O) groups excluding carboxylic acids is 2. The summed E-state index contributed by atoms with van der Waals surface area (Å²) in [6.07, 6.45) is 5.29. The van der Waals surface area contributed by atoms with E-state index in [2.05, 4.69) is 10.7 Å². The van der Waals surface area contributed by atoms with E-state index in [1.165, 1.54) is 6.07 Å². The van der Waals surface area contributed by atoms with Crippen molar-refractivity contribution in [3.63, 3.8) is 0 Å². The molecule has 0 radical (unpaired) electrons. The highest BCUT2D eigenvalue weighted by Gasteiger charge is 2.33. The van der Waals surface area contributed by atoms with Gasteiger partial charge in [-0.05, 0) is 42.1 Å². The van der Waals surface area contributed by atoms with Gasteiger partial charge in [-0.2, -0.15) is 5.01 Å². The van der Waals surface area contributed by atoms with Crippen molar-refractivity contribution in [2.24, 2.45) is 0 Å². The van der Waals surface area contributed by atoms with Crippen molar-refractivity contribution in [3.8, 4) is 0 Å². The number of nitrogens with one attached hydrogen (secondary N) is 2. The Bertz CT molecular complexity index is 994. The minimum atomic E-state index is -0.629. The number of rotatable bonds is 4.